The van der Waals surface area contributed by atoms with Gasteiger partial charge in [0.1, 0.15) is 0 Å². The monoisotopic (exact) mass is 269 g/mol. The second-order valence-electron chi connectivity index (χ2n) is 4.38. The summed E-state index contributed by atoms with van der Waals surface area (Å²) in [6.07, 6.45) is 3.19. The summed E-state index contributed by atoms with van der Waals surface area (Å²) >= 11 is 1.70. The lowest BCUT2D eigenvalue weighted by molar-refractivity contribution is 0.0810. The highest BCUT2D eigenvalue weighted by atomic mass is 32.1. The van der Waals surface area contributed by atoms with Crippen LogP contribution < -0.4 is 0 Å². The third-order valence-electron chi connectivity index (χ3n) is 2.77. The molecule has 1 rings (SSSR count). The van der Waals surface area contributed by atoms with Gasteiger partial charge in [-0.1, -0.05) is 6.08 Å². The lowest BCUT2D eigenvalue weighted by Gasteiger charge is -2.24. The molecule has 0 spiro atoms. The van der Waals surface area contributed by atoms with E-state index in [-0.39, 0.29) is 6.10 Å². The zero-order valence-corrected chi connectivity index (χ0v) is 11.9. The summed E-state index contributed by atoms with van der Waals surface area (Å²) in [5, 5.41) is 14.2. The Kier molecular flexibility index (Phi) is 7.93. The first kappa shape index (κ1) is 15.4. The summed E-state index contributed by atoms with van der Waals surface area (Å²) in [5.41, 5.74) is 1.30. The Hall–Kier alpha value is -0.680. The van der Waals surface area contributed by atoms with Gasteiger partial charge in [0.2, 0.25) is 0 Å². The van der Waals surface area contributed by atoms with E-state index >= 15 is 0 Å². The van der Waals surface area contributed by atoms with E-state index in [1.807, 2.05) is 6.08 Å². The van der Waals surface area contributed by atoms with E-state index in [2.05, 4.69) is 28.3 Å². The van der Waals surface area contributed by atoms with Crippen molar-refractivity contribution in [1.82, 2.24) is 4.90 Å². The summed E-state index contributed by atoms with van der Waals surface area (Å²) in [7, 11) is 1.71. The van der Waals surface area contributed by atoms with Gasteiger partial charge in [0.25, 0.3) is 0 Å². The highest BCUT2D eigenvalue weighted by Gasteiger charge is 2.11. The van der Waals surface area contributed by atoms with Crippen molar-refractivity contribution in [1.29, 1.82) is 0 Å². The Balaban J connectivity index is 2.41. The molecule has 4 heteroatoms. The molecule has 0 saturated carbocycles. The Morgan fingerprint density at radius 3 is 3.06 bits per heavy atom. The van der Waals surface area contributed by atoms with E-state index < -0.39 is 0 Å². The minimum atomic E-state index is -0.293. The molecule has 0 radical (unpaired) electrons. The summed E-state index contributed by atoms with van der Waals surface area (Å²) in [6, 6.07) is 2.13. The van der Waals surface area contributed by atoms with Crippen LogP contribution >= 0.6 is 11.3 Å². The maximum absolute atomic E-state index is 9.95. The lowest BCUT2D eigenvalue weighted by Crippen LogP contribution is -2.34. The molecule has 3 nitrogen and oxygen atoms in total. The van der Waals surface area contributed by atoms with Gasteiger partial charge in [-0.2, -0.15) is 11.3 Å². The predicted molar refractivity (Wildman–Crippen MR) is 76.9 cm³/mol. The highest BCUT2D eigenvalue weighted by molar-refractivity contribution is 7.07. The van der Waals surface area contributed by atoms with Crippen molar-refractivity contribution in [2.75, 3.05) is 26.8 Å². The molecule has 1 aromatic rings. The van der Waals surface area contributed by atoms with Crippen molar-refractivity contribution < 1.29 is 9.84 Å². The summed E-state index contributed by atoms with van der Waals surface area (Å²) in [4.78, 5) is 2.24. The van der Waals surface area contributed by atoms with Crippen LogP contribution in [0.15, 0.2) is 29.5 Å². The van der Waals surface area contributed by atoms with Crippen LogP contribution in [0.3, 0.4) is 0 Å². The standard InChI is InChI=1S/C14H23NO2S/c1-3-4-5-14(16)11-15(7-8-17-2)10-13-6-9-18-12-13/h3,6,9,12,14,16H,1,4-5,7-8,10-11H2,2H3/t14-/m1/s1. The zero-order chi connectivity index (χ0) is 13.2. The van der Waals surface area contributed by atoms with Gasteiger partial charge < -0.3 is 9.84 Å². The minimum absolute atomic E-state index is 0.293. The first-order valence-corrected chi connectivity index (χ1v) is 7.22. The molecule has 0 fully saturated rings. The van der Waals surface area contributed by atoms with Crippen LogP contribution in [0.2, 0.25) is 0 Å². The Morgan fingerprint density at radius 1 is 1.61 bits per heavy atom. The lowest BCUT2D eigenvalue weighted by atomic mass is 10.2. The number of methoxy groups -OCH3 is 1. The molecule has 1 heterocycles. The van der Waals surface area contributed by atoms with Crippen molar-refractivity contribution in [2.24, 2.45) is 0 Å². The van der Waals surface area contributed by atoms with Gasteiger partial charge >= 0.3 is 0 Å². The molecule has 1 N–H and O–H groups in total. The van der Waals surface area contributed by atoms with Gasteiger partial charge in [-0.3, -0.25) is 4.90 Å². The van der Waals surface area contributed by atoms with Crippen LogP contribution in [0, 0.1) is 0 Å². The summed E-state index contributed by atoms with van der Waals surface area (Å²) in [6.45, 7) is 6.78. The summed E-state index contributed by atoms with van der Waals surface area (Å²) in [5.74, 6) is 0. The molecule has 102 valence electrons. The van der Waals surface area contributed by atoms with Crippen molar-refractivity contribution in [2.45, 2.75) is 25.5 Å². The number of aliphatic hydroxyl groups is 1. The van der Waals surface area contributed by atoms with Gasteiger partial charge in [0.05, 0.1) is 12.7 Å². The van der Waals surface area contributed by atoms with E-state index in [1.165, 1.54) is 5.56 Å². The second kappa shape index (κ2) is 9.28. The number of aliphatic hydroxyl groups excluding tert-OH is 1. The average Bonchev–Trinajstić information content (AvgIpc) is 2.86. The average molecular weight is 269 g/mol. The molecule has 0 aliphatic carbocycles. The topological polar surface area (TPSA) is 32.7 Å². The zero-order valence-electron chi connectivity index (χ0n) is 11.0. The predicted octanol–water partition coefficient (Wildman–Crippen LogP) is 2.52. The smallest absolute Gasteiger partial charge is 0.0670 e. The fourth-order valence-electron chi connectivity index (χ4n) is 1.80. The molecule has 1 aromatic heterocycles. The van der Waals surface area contributed by atoms with Gasteiger partial charge in [0, 0.05) is 26.7 Å². The maximum atomic E-state index is 9.95. The number of rotatable bonds is 10. The molecule has 0 unspecified atom stereocenters. The SMILES string of the molecule is C=CCC[C@@H](O)CN(CCOC)Cc1ccsc1. The first-order chi connectivity index (χ1) is 8.76. The normalized spacial score (nSPS) is 12.8. The minimum Gasteiger partial charge on any atom is -0.392 e. The number of hydrogen-bond acceptors (Lipinski definition) is 4. The number of allylic oxidation sites excluding steroid dienone is 1. The van der Waals surface area contributed by atoms with E-state index in [4.69, 9.17) is 4.74 Å². The second-order valence-corrected chi connectivity index (χ2v) is 5.16. The van der Waals surface area contributed by atoms with Gasteiger partial charge in [-0.15, -0.1) is 6.58 Å². The molecule has 0 bridgehead atoms. The molecule has 0 saturated heterocycles. The number of nitrogens with zero attached hydrogens (tertiary/aromatic N) is 1. The first-order valence-electron chi connectivity index (χ1n) is 6.27. The fourth-order valence-corrected chi connectivity index (χ4v) is 2.46. The Morgan fingerprint density at radius 2 is 2.44 bits per heavy atom. The molecule has 18 heavy (non-hydrogen) atoms. The van der Waals surface area contributed by atoms with Crippen LogP contribution in [0.4, 0.5) is 0 Å². The molecule has 0 aromatic carbocycles. The molecular formula is C14H23NO2S. The third kappa shape index (κ3) is 6.31. The van der Waals surface area contributed by atoms with Crippen molar-refractivity contribution in [3.63, 3.8) is 0 Å². The van der Waals surface area contributed by atoms with Crippen molar-refractivity contribution in [3.05, 3.63) is 35.0 Å². The number of thiophene rings is 1. The summed E-state index contributed by atoms with van der Waals surface area (Å²) < 4.78 is 5.12. The van der Waals surface area contributed by atoms with Gasteiger partial charge in [0.15, 0.2) is 0 Å². The maximum Gasteiger partial charge on any atom is 0.0670 e. The third-order valence-corrected chi connectivity index (χ3v) is 3.50. The quantitative estimate of drug-likeness (QED) is 0.663. The van der Waals surface area contributed by atoms with Crippen LogP contribution in [-0.2, 0) is 11.3 Å². The van der Waals surface area contributed by atoms with E-state index in [0.717, 1.165) is 25.9 Å². The number of ether oxygens (including phenoxy) is 1. The van der Waals surface area contributed by atoms with Crippen molar-refractivity contribution in [3.8, 4) is 0 Å². The van der Waals surface area contributed by atoms with E-state index in [0.29, 0.717) is 13.2 Å². The van der Waals surface area contributed by atoms with E-state index in [9.17, 15) is 5.11 Å². The van der Waals surface area contributed by atoms with Crippen LogP contribution in [0.25, 0.3) is 0 Å². The van der Waals surface area contributed by atoms with Crippen LogP contribution in [-0.4, -0.2) is 42.9 Å². The van der Waals surface area contributed by atoms with Crippen LogP contribution in [0.1, 0.15) is 18.4 Å². The molecule has 0 amide bonds. The Labute approximate surface area is 114 Å². The van der Waals surface area contributed by atoms with Crippen LogP contribution in [0.5, 0.6) is 0 Å². The van der Waals surface area contributed by atoms with Crippen molar-refractivity contribution >= 4 is 11.3 Å². The molecule has 0 aliphatic heterocycles. The van der Waals surface area contributed by atoms with Gasteiger partial charge in [-0.05, 0) is 35.2 Å². The number of hydrogen-bond donors (Lipinski definition) is 1. The largest absolute Gasteiger partial charge is 0.392 e. The van der Waals surface area contributed by atoms with E-state index in [1.54, 1.807) is 18.4 Å². The molecule has 1 atom stereocenters. The Bertz CT molecular complexity index is 314. The highest BCUT2D eigenvalue weighted by Crippen LogP contribution is 2.11. The van der Waals surface area contributed by atoms with Gasteiger partial charge in [-0.25, -0.2) is 0 Å². The molecular weight excluding hydrogens is 246 g/mol. The molecule has 0 aliphatic rings. The fraction of sp³-hybridized carbons (Fsp3) is 0.571.